The van der Waals surface area contributed by atoms with Gasteiger partial charge in [-0.2, -0.15) is 5.10 Å². The highest BCUT2D eigenvalue weighted by atomic mass is 19.2. The van der Waals surface area contributed by atoms with E-state index in [1.54, 1.807) is 18.2 Å². The van der Waals surface area contributed by atoms with E-state index >= 15 is 0 Å². The van der Waals surface area contributed by atoms with E-state index in [-0.39, 0.29) is 5.82 Å². The molecule has 0 aliphatic rings. The fourth-order valence-electron chi connectivity index (χ4n) is 3.10. The molecule has 0 aliphatic heterocycles. The number of hydrazone groups is 1. The standard InChI is InChI=1S/C24H15F5N4/c1-13(18-19(25)21(27)23(29)22(28)20(18)26)32-33-17-12-16(14-8-4-2-5-9-14)30-24(31-17)15-10-6-3-7-11-15/h2-12H,1H3,(H,30,31,33). The molecule has 0 radical (unpaired) electrons. The first-order valence-corrected chi connectivity index (χ1v) is 9.69. The Morgan fingerprint density at radius 2 is 1.21 bits per heavy atom. The van der Waals surface area contributed by atoms with Crippen molar-refractivity contribution >= 4 is 11.5 Å². The summed E-state index contributed by atoms with van der Waals surface area (Å²) in [6.45, 7) is 1.11. The highest BCUT2D eigenvalue weighted by molar-refractivity contribution is 5.99. The second-order valence-corrected chi connectivity index (χ2v) is 6.95. The van der Waals surface area contributed by atoms with Gasteiger partial charge in [0.1, 0.15) is 0 Å². The van der Waals surface area contributed by atoms with Crippen LogP contribution in [-0.2, 0) is 0 Å². The molecule has 1 heterocycles. The topological polar surface area (TPSA) is 50.2 Å². The monoisotopic (exact) mass is 454 g/mol. The highest BCUT2D eigenvalue weighted by Crippen LogP contribution is 2.26. The molecule has 9 heteroatoms. The Morgan fingerprint density at radius 1 is 0.697 bits per heavy atom. The summed E-state index contributed by atoms with van der Waals surface area (Å²) in [7, 11) is 0. The minimum Gasteiger partial charge on any atom is -0.261 e. The van der Waals surface area contributed by atoms with Gasteiger partial charge in [0.2, 0.25) is 5.82 Å². The molecule has 4 aromatic rings. The van der Waals surface area contributed by atoms with Crippen LogP contribution in [0.15, 0.2) is 71.8 Å². The predicted molar refractivity (Wildman–Crippen MR) is 115 cm³/mol. The molecule has 1 N–H and O–H groups in total. The first-order valence-electron chi connectivity index (χ1n) is 9.69. The SMILES string of the molecule is CC(=NNc1cc(-c2ccccc2)nc(-c2ccccc2)n1)c1c(F)c(F)c(F)c(F)c1F. The van der Waals surface area contributed by atoms with Crippen LogP contribution in [0.1, 0.15) is 12.5 Å². The van der Waals surface area contributed by atoms with Gasteiger partial charge >= 0.3 is 0 Å². The van der Waals surface area contributed by atoms with Gasteiger partial charge in [-0.05, 0) is 6.92 Å². The zero-order chi connectivity index (χ0) is 23.5. The highest BCUT2D eigenvalue weighted by Gasteiger charge is 2.27. The lowest BCUT2D eigenvalue weighted by Gasteiger charge is -2.10. The fourth-order valence-corrected chi connectivity index (χ4v) is 3.10. The number of anilines is 1. The van der Waals surface area contributed by atoms with Crippen molar-refractivity contribution in [3.63, 3.8) is 0 Å². The lowest BCUT2D eigenvalue weighted by atomic mass is 10.1. The molecular weight excluding hydrogens is 439 g/mol. The molecule has 0 saturated carbocycles. The summed E-state index contributed by atoms with van der Waals surface area (Å²) in [6.07, 6.45) is 0. The number of rotatable bonds is 5. The molecule has 0 atom stereocenters. The van der Waals surface area contributed by atoms with Gasteiger partial charge in [-0.15, -0.1) is 0 Å². The maximum atomic E-state index is 14.1. The third-order valence-electron chi connectivity index (χ3n) is 4.74. The van der Waals surface area contributed by atoms with Crippen molar-refractivity contribution in [2.45, 2.75) is 6.92 Å². The third kappa shape index (κ3) is 4.43. The molecule has 0 saturated heterocycles. The zero-order valence-corrected chi connectivity index (χ0v) is 17.1. The number of halogens is 5. The number of hydrogen-bond donors (Lipinski definition) is 1. The number of hydrogen-bond acceptors (Lipinski definition) is 4. The van der Waals surface area contributed by atoms with Crippen molar-refractivity contribution in [1.29, 1.82) is 0 Å². The average molecular weight is 454 g/mol. The van der Waals surface area contributed by atoms with Crippen LogP contribution < -0.4 is 5.43 Å². The van der Waals surface area contributed by atoms with Gasteiger partial charge < -0.3 is 0 Å². The zero-order valence-electron chi connectivity index (χ0n) is 17.1. The quantitative estimate of drug-likeness (QED) is 0.126. The molecule has 0 aliphatic carbocycles. The van der Waals surface area contributed by atoms with Crippen molar-refractivity contribution in [3.8, 4) is 22.6 Å². The van der Waals surface area contributed by atoms with Gasteiger partial charge in [0.15, 0.2) is 34.9 Å². The van der Waals surface area contributed by atoms with Crippen molar-refractivity contribution < 1.29 is 22.0 Å². The largest absolute Gasteiger partial charge is 0.261 e. The fraction of sp³-hybridized carbons (Fsp3) is 0.0417. The molecule has 0 amide bonds. The van der Waals surface area contributed by atoms with Crippen LogP contribution in [-0.4, -0.2) is 15.7 Å². The molecule has 4 rings (SSSR count). The third-order valence-corrected chi connectivity index (χ3v) is 4.74. The lowest BCUT2D eigenvalue weighted by Crippen LogP contribution is -2.12. The summed E-state index contributed by atoms with van der Waals surface area (Å²) in [5.74, 6) is -9.74. The number of aromatic nitrogens is 2. The molecule has 1 aromatic heterocycles. The lowest BCUT2D eigenvalue weighted by molar-refractivity contribution is 0.377. The van der Waals surface area contributed by atoms with Gasteiger partial charge in [-0.3, -0.25) is 5.43 Å². The molecule has 3 aromatic carbocycles. The normalized spacial score (nSPS) is 11.5. The number of nitrogens with one attached hydrogen (secondary N) is 1. The Balaban J connectivity index is 1.76. The van der Waals surface area contributed by atoms with Gasteiger partial charge in [-0.25, -0.2) is 31.9 Å². The maximum Gasteiger partial charge on any atom is 0.200 e. The molecule has 0 bridgehead atoms. The molecular formula is C24H15F5N4. The van der Waals surface area contributed by atoms with Gasteiger partial charge in [0, 0.05) is 17.2 Å². The van der Waals surface area contributed by atoms with Crippen molar-refractivity contribution in [1.82, 2.24) is 9.97 Å². The van der Waals surface area contributed by atoms with E-state index in [1.807, 2.05) is 48.5 Å². The molecule has 4 nitrogen and oxygen atoms in total. The van der Waals surface area contributed by atoms with Crippen LogP contribution in [0.5, 0.6) is 0 Å². The summed E-state index contributed by atoms with van der Waals surface area (Å²) in [6, 6.07) is 19.8. The first-order chi connectivity index (χ1) is 15.9. The van der Waals surface area contributed by atoms with Crippen LogP contribution in [0, 0.1) is 29.1 Å². The Hall–Kier alpha value is -4.14. The van der Waals surface area contributed by atoms with E-state index in [0.29, 0.717) is 17.1 Å². The molecule has 0 fully saturated rings. The molecule has 33 heavy (non-hydrogen) atoms. The van der Waals surface area contributed by atoms with Crippen LogP contribution in [0.2, 0.25) is 0 Å². The van der Waals surface area contributed by atoms with E-state index in [9.17, 15) is 22.0 Å². The Morgan fingerprint density at radius 3 is 1.79 bits per heavy atom. The summed E-state index contributed by atoms with van der Waals surface area (Å²) in [4.78, 5) is 8.92. The summed E-state index contributed by atoms with van der Waals surface area (Å²) >= 11 is 0. The van der Waals surface area contributed by atoms with E-state index < -0.39 is 40.4 Å². The van der Waals surface area contributed by atoms with E-state index in [1.165, 1.54) is 0 Å². The molecule has 0 unspecified atom stereocenters. The molecule has 166 valence electrons. The van der Waals surface area contributed by atoms with Crippen molar-refractivity contribution in [2.24, 2.45) is 5.10 Å². The smallest absolute Gasteiger partial charge is 0.200 e. The van der Waals surface area contributed by atoms with E-state index in [0.717, 1.165) is 12.5 Å². The maximum absolute atomic E-state index is 14.1. The van der Waals surface area contributed by atoms with Gasteiger partial charge in [0.05, 0.1) is 17.0 Å². The Labute approximate surface area is 185 Å². The first kappa shape index (κ1) is 22.1. The van der Waals surface area contributed by atoms with Crippen LogP contribution >= 0.6 is 0 Å². The van der Waals surface area contributed by atoms with E-state index in [4.69, 9.17) is 0 Å². The van der Waals surface area contributed by atoms with E-state index in [2.05, 4.69) is 20.5 Å². The summed E-state index contributed by atoms with van der Waals surface area (Å²) in [5.41, 5.74) is 2.98. The summed E-state index contributed by atoms with van der Waals surface area (Å²) in [5, 5.41) is 3.81. The minimum absolute atomic E-state index is 0.158. The second-order valence-electron chi connectivity index (χ2n) is 6.95. The Bertz CT molecular complexity index is 1260. The van der Waals surface area contributed by atoms with Gasteiger partial charge in [0.25, 0.3) is 0 Å². The number of benzene rings is 3. The van der Waals surface area contributed by atoms with Crippen LogP contribution in [0.3, 0.4) is 0 Å². The van der Waals surface area contributed by atoms with Crippen LogP contribution in [0.4, 0.5) is 27.8 Å². The van der Waals surface area contributed by atoms with Crippen LogP contribution in [0.25, 0.3) is 22.6 Å². The Kier molecular flexibility index (Phi) is 6.12. The van der Waals surface area contributed by atoms with Gasteiger partial charge in [-0.1, -0.05) is 60.7 Å². The average Bonchev–Trinajstić information content (AvgIpc) is 2.86. The minimum atomic E-state index is -2.23. The van der Waals surface area contributed by atoms with Crippen molar-refractivity contribution in [3.05, 3.63) is 101 Å². The molecule has 0 spiro atoms. The summed E-state index contributed by atoms with van der Waals surface area (Å²) < 4.78 is 68.6. The second kappa shape index (κ2) is 9.15. The van der Waals surface area contributed by atoms with Crippen molar-refractivity contribution in [2.75, 3.05) is 5.43 Å². The number of nitrogens with zero attached hydrogens (tertiary/aromatic N) is 3. The predicted octanol–water partition coefficient (Wildman–Crippen LogP) is 6.34.